The molecular formula is C21H22ClN4O+. The fourth-order valence-corrected chi connectivity index (χ4v) is 3.79. The highest BCUT2D eigenvalue weighted by atomic mass is 35.5. The van der Waals surface area contributed by atoms with Crippen molar-refractivity contribution in [3.8, 4) is 5.69 Å². The predicted octanol–water partition coefficient (Wildman–Crippen LogP) is 2.16. The van der Waals surface area contributed by atoms with E-state index in [4.69, 9.17) is 11.6 Å². The van der Waals surface area contributed by atoms with Crippen molar-refractivity contribution < 1.29 is 4.90 Å². The Balaban J connectivity index is 1.44. The smallest absolute Gasteiger partial charge is 0.292 e. The summed E-state index contributed by atoms with van der Waals surface area (Å²) in [5, 5.41) is 7.89. The summed E-state index contributed by atoms with van der Waals surface area (Å²) in [6.45, 7) is 3.10. The van der Waals surface area contributed by atoms with Gasteiger partial charge in [-0.15, -0.1) is 0 Å². The number of quaternary nitrogens is 1. The van der Waals surface area contributed by atoms with E-state index in [0.717, 1.165) is 26.1 Å². The standard InChI is InChI=1S/C21H21ClN4O/c22-20-19(13-23-26(21(20)27)18-9-5-2-6-10-18)24-17-11-12-25(15-17)14-16-7-3-1-4-8-16/h1-10,13,17,24H,11-12,14-15H2/p+1/t17-/m1/s1. The number of halogens is 1. The Hall–Kier alpha value is -2.63. The van der Waals surface area contributed by atoms with Crippen LogP contribution < -0.4 is 15.8 Å². The van der Waals surface area contributed by atoms with Gasteiger partial charge in [0, 0.05) is 12.0 Å². The first kappa shape index (κ1) is 17.8. The first-order valence-corrected chi connectivity index (χ1v) is 9.56. The van der Waals surface area contributed by atoms with Gasteiger partial charge in [0.25, 0.3) is 5.56 Å². The molecule has 0 radical (unpaired) electrons. The summed E-state index contributed by atoms with van der Waals surface area (Å²) >= 11 is 6.35. The molecule has 6 heteroatoms. The third kappa shape index (κ3) is 4.04. The summed E-state index contributed by atoms with van der Waals surface area (Å²) in [5.41, 5.74) is 2.35. The van der Waals surface area contributed by atoms with Crippen LogP contribution in [0.3, 0.4) is 0 Å². The first-order chi connectivity index (χ1) is 13.2. The third-order valence-electron chi connectivity index (χ3n) is 4.96. The van der Waals surface area contributed by atoms with Crippen LogP contribution in [0.4, 0.5) is 5.69 Å². The van der Waals surface area contributed by atoms with Crippen LogP contribution in [0.2, 0.25) is 5.02 Å². The molecule has 27 heavy (non-hydrogen) atoms. The fraction of sp³-hybridized carbons (Fsp3) is 0.238. The molecule has 2 heterocycles. The van der Waals surface area contributed by atoms with Crippen LogP contribution in [0.25, 0.3) is 5.69 Å². The highest BCUT2D eigenvalue weighted by Gasteiger charge is 2.27. The Labute approximate surface area is 163 Å². The van der Waals surface area contributed by atoms with E-state index in [9.17, 15) is 4.79 Å². The molecule has 1 unspecified atom stereocenters. The number of aromatic nitrogens is 2. The Morgan fingerprint density at radius 1 is 1.11 bits per heavy atom. The quantitative estimate of drug-likeness (QED) is 0.712. The van der Waals surface area contributed by atoms with Crippen LogP contribution in [-0.2, 0) is 6.54 Å². The van der Waals surface area contributed by atoms with Crippen molar-refractivity contribution in [2.75, 3.05) is 18.4 Å². The Morgan fingerprint density at radius 3 is 2.56 bits per heavy atom. The van der Waals surface area contributed by atoms with Crippen LogP contribution in [0.15, 0.2) is 71.7 Å². The van der Waals surface area contributed by atoms with E-state index < -0.39 is 0 Å². The molecule has 0 amide bonds. The van der Waals surface area contributed by atoms with Crippen LogP contribution >= 0.6 is 11.6 Å². The van der Waals surface area contributed by atoms with Gasteiger partial charge in [0.15, 0.2) is 0 Å². The molecule has 1 aliphatic rings. The summed E-state index contributed by atoms with van der Waals surface area (Å²) < 4.78 is 1.33. The first-order valence-electron chi connectivity index (χ1n) is 9.18. The van der Waals surface area contributed by atoms with Gasteiger partial charge in [0.1, 0.15) is 11.6 Å². The lowest BCUT2D eigenvalue weighted by molar-refractivity contribution is -0.901. The van der Waals surface area contributed by atoms with Crippen LogP contribution in [0.1, 0.15) is 12.0 Å². The molecule has 4 rings (SSSR count). The van der Waals surface area contributed by atoms with Gasteiger partial charge >= 0.3 is 0 Å². The third-order valence-corrected chi connectivity index (χ3v) is 5.32. The Morgan fingerprint density at radius 2 is 1.81 bits per heavy atom. The maximum atomic E-state index is 12.6. The second-order valence-corrected chi connectivity index (χ2v) is 7.30. The minimum atomic E-state index is -0.306. The topological polar surface area (TPSA) is 51.4 Å². The second-order valence-electron chi connectivity index (χ2n) is 6.92. The van der Waals surface area contributed by atoms with E-state index in [1.54, 1.807) is 6.20 Å². The number of likely N-dealkylation sites (tertiary alicyclic amines) is 1. The van der Waals surface area contributed by atoms with E-state index >= 15 is 0 Å². The molecule has 0 saturated carbocycles. The van der Waals surface area contributed by atoms with Gasteiger partial charge in [-0.25, -0.2) is 0 Å². The maximum absolute atomic E-state index is 12.6. The molecule has 1 saturated heterocycles. The number of nitrogens with zero attached hydrogens (tertiary/aromatic N) is 2. The maximum Gasteiger partial charge on any atom is 0.292 e. The molecule has 2 aromatic carbocycles. The molecule has 0 bridgehead atoms. The highest BCUT2D eigenvalue weighted by molar-refractivity contribution is 6.32. The predicted molar refractivity (Wildman–Crippen MR) is 108 cm³/mol. The monoisotopic (exact) mass is 381 g/mol. The van der Waals surface area contributed by atoms with Crippen LogP contribution in [0, 0.1) is 0 Å². The number of rotatable bonds is 5. The molecule has 0 aliphatic carbocycles. The lowest BCUT2D eigenvalue weighted by atomic mass is 10.2. The molecule has 1 aromatic heterocycles. The second kappa shape index (κ2) is 7.94. The fourth-order valence-electron chi connectivity index (χ4n) is 3.61. The van der Waals surface area contributed by atoms with Gasteiger partial charge in [0.05, 0.1) is 36.7 Å². The van der Waals surface area contributed by atoms with Crippen LogP contribution in [0.5, 0.6) is 0 Å². The minimum absolute atomic E-state index is 0.186. The number of para-hydroxylation sites is 1. The van der Waals surface area contributed by atoms with Gasteiger partial charge in [-0.05, 0) is 12.1 Å². The number of anilines is 1. The zero-order valence-electron chi connectivity index (χ0n) is 14.9. The molecule has 3 aromatic rings. The van der Waals surface area contributed by atoms with Crippen molar-refractivity contribution >= 4 is 17.3 Å². The number of hydrogen-bond donors (Lipinski definition) is 2. The number of hydrogen-bond acceptors (Lipinski definition) is 3. The zero-order chi connectivity index (χ0) is 18.6. The van der Waals surface area contributed by atoms with Crippen molar-refractivity contribution in [2.45, 2.75) is 19.0 Å². The average Bonchev–Trinajstić information content (AvgIpc) is 3.14. The summed E-state index contributed by atoms with van der Waals surface area (Å²) in [5.74, 6) is 0. The van der Waals surface area contributed by atoms with E-state index in [1.165, 1.54) is 15.1 Å². The van der Waals surface area contributed by atoms with E-state index in [2.05, 4.69) is 34.7 Å². The van der Waals surface area contributed by atoms with Gasteiger partial charge in [-0.2, -0.15) is 9.78 Å². The van der Waals surface area contributed by atoms with Gasteiger partial charge in [-0.1, -0.05) is 60.1 Å². The summed E-state index contributed by atoms with van der Waals surface area (Å²) in [6, 6.07) is 20.1. The van der Waals surface area contributed by atoms with E-state index in [1.807, 2.05) is 36.4 Å². The van der Waals surface area contributed by atoms with Crippen molar-refractivity contribution in [1.82, 2.24) is 9.78 Å². The van der Waals surface area contributed by atoms with Gasteiger partial charge < -0.3 is 10.2 Å². The van der Waals surface area contributed by atoms with Gasteiger partial charge in [-0.3, -0.25) is 4.79 Å². The van der Waals surface area contributed by atoms with Crippen LogP contribution in [-0.4, -0.2) is 28.9 Å². The lowest BCUT2D eigenvalue weighted by Gasteiger charge is -2.16. The van der Waals surface area contributed by atoms with E-state index in [0.29, 0.717) is 11.4 Å². The van der Waals surface area contributed by atoms with Crippen molar-refractivity contribution in [3.05, 3.63) is 87.8 Å². The van der Waals surface area contributed by atoms with Gasteiger partial charge in [0.2, 0.25) is 0 Å². The Kier molecular flexibility index (Phi) is 5.23. The lowest BCUT2D eigenvalue weighted by Crippen LogP contribution is -3.09. The number of benzene rings is 2. The van der Waals surface area contributed by atoms with Crippen molar-refractivity contribution in [1.29, 1.82) is 0 Å². The summed E-state index contributed by atoms with van der Waals surface area (Å²) in [7, 11) is 0. The van der Waals surface area contributed by atoms with Crippen molar-refractivity contribution in [2.24, 2.45) is 0 Å². The molecule has 2 N–H and O–H groups in total. The largest absolute Gasteiger partial charge is 0.374 e. The molecule has 2 atom stereocenters. The zero-order valence-corrected chi connectivity index (χ0v) is 15.7. The molecule has 138 valence electrons. The SMILES string of the molecule is O=c1c(Cl)c(N[C@@H]2CC[NH+](Cc3ccccc3)C2)cnn1-c1ccccc1. The average molecular weight is 382 g/mol. The minimum Gasteiger partial charge on any atom is -0.374 e. The van der Waals surface area contributed by atoms with E-state index in [-0.39, 0.29) is 16.6 Å². The summed E-state index contributed by atoms with van der Waals surface area (Å²) in [4.78, 5) is 14.1. The van der Waals surface area contributed by atoms with Crippen molar-refractivity contribution in [3.63, 3.8) is 0 Å². The molecular weight excluding hydrogens is 360 g/mol. The molecule has 0 spiro atoms. The molecule has 1 fully saturated rings. The normalized spacial score (nSPS) is 19.1. The molecule has 5 nitrogen and oxygen atoms in total. The number of nitrogens with one attached hydrogen (secondary N) is 2. The molecule has 1 aliphatic heterocycles. The highest BCUT2D eigenvalue weighted by Crippen LogP contribution is 2.18. The summed E-state index contributed by atoms with van der Waals surface area (Å²) in [6.07, 6.45) is 2.69. The Bertz CT molecular complexity index is 959.